The number of nitrogens with two attached hydrogens (primary N) is 1. The Kier molecular flexibility index (Phi) is 2.97. The molecule has 0 unspecified atom stereocenters. The minimum atomic E-state index is 0.403. The molecule has 0 aliphatic carbocycles. The summed E-state index contributed by atoms with van der Waals surface area (Å²) >= 11 is 1.65. The maximum Gasteiger partial charge on any atom is 0.236 e. The van der Waals surface area contributed by atoms with Crippen LogP contribution in [0.2, 0.25) is 0 Å². The SMILES string of the molecule is CCSc1c(-c2ccccc2)noc1N. The highest BCUT2D eigenvalue weighted by Gasteiger charge is 2.14. The number of nitrogens with zero attached hydrogens (tertiary/aromatic N) is 1. The van der Waals surface area contributed by atoms with Gasteiger partial charge in [-0.25, -0.2) is 0 Å². The number of rotatable bonds is 3. The van der Waals surface area contributed by atoms with E-state index in [1.807, 2.05) is 30.3 Å². The zero-order valence-corrected chi connectivity index (χ0v) is 9.25. The monoisotopic (exact) mass is 220 g/mol. The Labute approximate surface area is 92.6 Å². The van der Waals surface area contributed by atoms with Crippen molar-refractivity contribution in [2.75, 3.05) is 11.5 Å². The van der Waals surface area contributed by atoms with Crippen molar-refractivity contribution in [1.82, 2.24) is 5.16 Å². The average Bonchev–Trinajstić information content (AvgIpc) is 2.63. The van der Waals surface area contributed by atoms with Crippen molar-refractivity contribution >= 4 is 17.6 Å². The molecule has 78 valence electrons. The summed E-state index contributed by atoms with van der Waals surface area (Å²) in [5.74, 6) is 1.35. The van der Waals surface area contributed by atoms with E-state index in [0.717, 1.165) is 21.9 Å². The summed E-state index contributed by atoms with van der Waals surface area (Å²) in [6.07, 6.45) is 0. The maximum atomic E-state index is 5.71. The number of hydrogen-bond donors (Lipinski definition) is 1. The molecule has 4 heteroatoms. The molecule has 1 heterocycles. The zero-order valence-electron chi connectivity index (χ0n) is 8.43. The molecule has 0 spiro atoms. The van der Waals surface area contributed by atoms with Gasteiger partial charge >= 0.3 is 0 Å². The summed E-state index contributed by atoms with van der Waals surface area (Å²) < 4.78 is 5.01. The second-order valence-electron chi connectivity index (χ2n) is 3.02. The topological polar surface area (TPSA) is 52.0 Å². The second-order valence-corrected chi connectivity index (χ2v) is 4.30. The molecule has 3 nitrogen and oxygen atoms in total. The predicted molar refractivity (Wildman–Crippen MR) is 62.7 cm³/mol. The number of thioether (sulfide) groups is 1. The Morgan fingerprint density at radius 2 is 2.07 bits per heavy atom. The summed E-state index contributed by atoms with van der Waals surface area (Å²) in [5.41, 5.74) is 7.58. The smallest absolute Gasteiger partial charge is 0.236 e. The maximum absolute atomic E-state index is 5.71. The minimum Gasteiger partial charge on any atom is -0.367 e. The first-order valence-electron chi connectivity index (χ1n) is 4.76. The second kappa shape index (κ2) is 4.40. The fraction of sp³-hybridized carbons (Fsp3) is 0.182. The van der Waals surface area contributed by atoms with Gasteiger partial charge in [0, 0.05) is 5.56 Å². The van der Waals surface area contributed by atoms with Gasteiger partial charge in [-0.2, -0.15) is 0 Å². The highest BCUT2D eigenvalue weighted by molar-refractivity contribution is 7.99. The molecule has 0 aliphatic heterocycles. The predicted octanol–water partition coefficient (Wildman–Crippen LogP) is 3.04. The molecule has 0 saturated carbocycles. The van der Waals surface area contributed by atoms with E-state index in [2.05, 4.69) is 12.1 Å². The van der Waals surface area contributed by atoms with E-state index in [1.165, 1.54) is 0 Å². The molecule has 2 aromatic rings. The fourth-order valence-corrected chi connectivity index (χ4v) is 2.12. The van der Waals surface area contributed by atoms with Crippen molar-refractivity contribution in [3.8, 4) is 11.3 Å². The van der Waals surface area contributed by atoms with E-state index in [9.17, 15) is 0 Å². The van der Waals surface area contributed by atoms with Crippen LogP contribution in [0.1, 0.15) is 6.92 Å². The Morgan fingerprint density at radius 3 is 2.73 bits per heavy atom. The molecule has 15 heavy (non-hydrogen) atoms. The highest BCUT2D eigenvalue weighted by Crippen LogP contribution is 2.34. The van der Waals surface area contributed by atoms with Crippen molar-refractivity contribution in [3.63, 3.8) is 0 Å². The Bertz CT molecular complexity index is 439. The van der Waals surface area contributed by atoms with Crippen LogP contribution in [0.15, 0.2) is 39.8 Å². The van der Waals surface area contributed by atoms with Gasteiger partial charge in [0.2, 0.25) is 5.88 Å². The summed E-state index contributed by atoms with van der Waals surface area (Å²) in [5, 5.41) is 3.98. The van der Waals surface area contributed by atoms with Crippen molar-refractivity contribution in [3.05, 3.63) is 30.3 Å². The van der Waals surface area contributed by atoms with Gasteiger partial charge < -0.3 is 10.3 Å². The molecule has 0 radical (unpaired) electrons. The molecule has 0 fully saturated rings. The van der Waals surface area contributed by atoms with Crippen molar-refractivity contribution < 1.29 is 4.52 Å². The molecule has 0 aliphatic rings. The molecular weight excluding hydrogens is 208 g/mol. The molecule has 0 bridgehead atoms. The summed E-state index contributed by atoms with van der Waals surface area (Å²) in [6, 6.07) is 9.91. The largest absolute Gasteiger partial charge is 0.367 e. The lowest BCUT2D eigenvalue weighted by atomic mass is 10.1. The quantitative estimate of drug-likeness (QED) is 0.808. The van der Waals surface area contributed by atoms with Gasteiger partial charge in [0.15, 0.2) is 0 Å². The normalized spacial score (nSPS) is 10.5. The minimum absolute atomic E-state index is 0.403. The summed E-state index contributed by atoms with van der Waals surface area (Å²) in [6.45, 7) is 2.08. The lowest BCUT2D eigenvalue weighted by molar-refractivity contribution is 0.438. The third kappa shape index (κ3) is 1.99. The first-order chi connectivity index (χ1) is 7.33. The highest BCUT2D eigenvalue weighted by atomic mass is 32.2. The molecule has 0 saturated heterocycles. The van der Waals surface area contributed by atoms with E-state index in [1.54, 1.807) is 11.8 Å². The molecule has 1 aromatic heterocycles. The van der Waals surface area contributed by atoms with Crippen LogP contribution in [0.5, 0.6) is 0 Å². The van der Waals surface area contributed by atoms with Crippen molar-refractivity contribution in [2.45, 2.75) is 11.8 Å². The standard InChI is InChI=1S/C11H12N2OS/c1-2-15-10-9(13-14-11(10)12)8-6-4-3-5-7-8/h3-7H,2,12H2,1H3. The zero-order chi connectivity index (χ0) is 10.7. The molecule has 0 amide bonds. The first-order valence-corrected chi connectivity index (χ1v) is 5.75. The van der Waals surface area contributed by atoms with Crippen LogP contribution in [-0.4, -0.2) is 10.9 Å². The molecule has 0 atom stereocenters. The number of anilines is 1. The van der Waals surface area contributed by atoms with Gasteiger partial charge in [-0.15, -0.1) is 11.8 Å². The molecule has 2 rings (SSSR count). The van der Waals surface area contributed by atoms with Crippen LogP contribution in [0.3, 0.4) is 0 Å². The molecule has 2 N–H and O–H groups in total. The van der Waals surface area contributed by atoms with E-state index in [-0.39, 0.29) is 0 Å². The number of hydrogen-bond acceptors (Lipinski definition) is 4. The Balaban J connectivity index is 2.44. The van der Waals surface area contributed by atoms with E-state index in [0.29, 0.717) is 5.88 Å². The number of nitrogen functional groups attached to an aromatic ring is 1. The van der Waals surface area contributed by atoms with Gasteiger partial charge in [0.1, 0.15) is 5.69 Å². The third-order valence-corrected chi connectivity index (χ3v) is 2.98. The average molecular weight is 220 g/mol. The summed E-state index contributed by atoms with van der Waals surface area (Å²) in [4.78, 5) is 0.934. The van der Waals surface area contributed by atoms with Crippen LogP contribution in [0, 0.1) is 0 Å². The van der Waals surface area contributed by atoms with E-state index < -0.39 is 0 Å². The van der Waals surface area contributed by atoms with Crippen LogP contribution >= 0.6 is 11.8 Å². The van der Waals surface area contributed by atoms with Gasteiger partial charge in [0.05, 0.1) is 4.90 Å². The van der Waals surface area contributed by atoms with Crippen molar-refractivity contribution in [1.29, 1.82) is 0 Å². The number of aromatic nitrogens is 1. The third-order valence-electron chi connectivity index (χ3n) is 2.01. The Morgan fingerprint density at radius 1 is 1.33 bits per heavy atom. The van der Waals surface area contributed by atoms with Crippen LogP contribution < -0.4 is 5.73 Å². The van der Waals surface area contributed by atoms with Gasteiger partial charge in [0.25, 0.3) is 0 Å². The van der Waals surface area contributed by atoms with Gasteiger partial charge in [-0.1, -0.05) is 42.4 Å². The van der Waals surface area contributed by atoms with E-state index in [4.69, 9.17) is 10.3 Å². The van der Waals surface area contributed by atoms with E-state index >= 15 is 0 Å². The first kappa shape index (κ1) is 10.1. The van der Waals surface area contributed by atoms with Crippen LogP contribution in [-0.2, 0) is 0 Å². The number of benzene rings is 1. The molecular formula is C11H12N2OS. The van der Waals surface area contributed by atoms with Crippen LogP contribution in [0.25, 0.3) is 11.3 Å². The van der Waals surface area contributed by atoms with Gasteiger partial charge in [-0.3, -0.25) is 0 Å². The van der Waals surface area contributed by atoms with Crippen LogP contribution in [0.4, 0.5) is 5.88 Å². The lowest BCUT2D eigenvalue weighted by Gasteiger charge is -1.99. The van der Waals surface area contributed by atoms with Crippen molar-refractivity contribution in [2.24, 2.45) is 0 Å². The molecule has 1 aromatic carbocycles. The Hall–Kier alpha value is -1.42. The fourth-order valence-electron chi connectivity index (χ4n) is 1.36. The lowest BCUT2D eigenvalue weighted by Crippen LogP contribution is -1.85. The summed E-state index contributed by atoms with van der Waals surface area (Å²) in [7, 11) is 0. The van der Waals surface area contributed by atoms with Gasteiger partial charge in [-0.05, 0) is 5.75 Å².